The molecule has 1 unspecified atom stereocenters. The molecule has 3 N–H and O–H groups in total. The lowest BCUT2D eigenvalue weighted by atomic mass is 9.89. The van der Waals surface area contributed by atoms with Gasteiger partial charge in [-0.2, -0.15) is 0 Å². The van der Waals surface area contributed by atoms with E-state index in [2.05, 4.69) is 17.0 Å². The number of ether oxygens (including phenoxy) is 5. The molecule has 0 radical (unpaired) electrons. The van der Waals surface area contributed by atoms with Gasteiger partial charge in [0.2, 0.25) is 0 Å². The summed E-state index contributed by atoms with van der Waals surface area (Å²) >= 11 is 0. The lowest BCUT2D eigenvalue weighted by molar-refractivity contribution is -0.146. The number of benzene rings is 5. The van der Waals surface area contributed by atoms with E-state index in [1.54, 1.807) is 13.8 Å². The molecule has 0 heterocycles. The Morgan fingerprint density at radius 1 is 0.648 bits per heavy atom. The molecule has 10 nitrogen and oxygen atoms in total. The molecule has 0 amide bonds. The number of aliphatic hydroxyl groups excluding tert-OH is 1. The van der Waals surface area contributed by atoms with E-state index < -0.39 is 18.0 Å². The second kappa shape index (κ2) is 20.4. The minimum absolute atomic E-state index is 0.162. The summed E-state index contributed by atoms with van der Waals surface area (Å²) in [5.74, 6) is 0.579. The quantitative estimate of drug-likeness (QED) is 0.0632. The number of hydrogen-bond donors (Lipinski definition) is 2. The molecule has 0 aliphatic heterocycles. The maximum absolute atomic E-state index is 11.9. The van der Waals surface area contributed by atoms with Crippen molar-refractivity contribution in [1.29, 1.82) is 0 Å². The van der Waals surface area contributed by atoms with Gasteiger partial charge >= 0.3 is 11.9 Å². The first-order valence-electron chi connectivity index (χ1n) is 18.1. The predicted molar refractivity (Wildman–Crippen MR) is 207 cm³/mol. The smallest absolute Gasteiger partial charge is 0.344 e. The van der Waals surface area contributed by atoms with Crippen LogP contribution in [0.1, 0.15) is 53.6 Å². The van der Waals surface area contributed by atoms with Crippen molar-refractivity contribution in [3.63, 3.8) is 0 Å². The Morgan fingerprint density at radius 2 is 1.15 bits per heavy atom. The largest absolute Gasteiger partial charge is 0.487 e. The Bertz CT molecular complexity index is 1820. The number of carbonyl (C=O) groups is 2. The summed E-state index contributed by atoms with van der Waals surface area (Å²) in [7, 11) is 0. The topological polar surface area (TPSA) is 130 Å². The van der Waals surface area contributed by atoms with Crippen LogP contribution in [-0.2, 0) is 32.2 Å². The maximum Gasteiger partial charge on any atom is 0.344 e. The van der Waals surface area contributed by atoms with E-state index in [1.807, 2.05) is 115 Å². The van der Waals surface area contributed by atoms with E-state index in [4.69, 9.17) is 29.4 Å². The fraction of sp³-hybridized carbons (Fsp3) is 0.273. The summed E-state index contributed by atoms with van der Waals surface area (Å²) in [6, 6.07) is 40.5. The van der Waals surface area contributed by atoms with Crippen LogP contribution < -0.4 is 19.9 Å². The predicted octanol–water partition coefficient (Wildman–Crippen LogP) is 7.10. The molecular formula is C44H48N2O8. The molecule has 0 fully saturated rings. The number of hydrogen-bond acceptors (Lipinski definition) is 10. The minimum Gasteiger partial charge on any atom is -0.487 e. The van der Waals surface area contributed by atoms with Gasteiger partial charge in [0.1, 0.15) is 23.9 Å². The number of aliphatic hydroxyl groups is 1. The standard InChI is InChI=1S/C44H48N2O8/c1-3-50-43(48)30-52-37-20-15-34(16-21-37)39(35-17-22-38(23-18-35)53-31-44(49)51-4-2)27-46(26-32-11-7-5-8-12-32)41(28-47)36-19-24-42(40(45)25-36)54-29-33-13-9-6-10-14-33/h5-25,39,41,47H,3-4,26-31,45H2,1-2H3. The van der Waals surface area contributed by atoms with Crippen molar-refractivity contribution in [1.82, 2.24) is 4.90 Å². The number of rotatable bonds is 20. The van der Waals surface area contributed by atoms with Crippen molar-refractivity contribution in [3.8, 4) is 17.2 Å². The van der Waals surface area contributed by atoms with E-state index in [0.29, 0.717) is 42.6 Å². The van der Waals surface area contributed by atoms with Crippen molar-refractivity contribution < 1.29 is 38.4 Å². The molecule has 5 aromatic carbocycles. The zero-order valence-corrected chi connectivity index (χ0v) is 30.8. The highest BCUT2D eigenvalue weighted by Gasteiger charge is 2.26. The van der Waals surface area contributed by atoms with Gasteiger partial charge in [-0.1, -0.05) is 91.0 Å². The van der Waals surface area contributed by atoms with Gasteiger partial charge in [-0.05, 0) is 78.1 Å². The highest BCUT2D eigenvalue weighted by molar-refractivity contribution is 5.71. The van der Waals surface area contributed by atoms with E-state index in [1.165, 1.54) is 0 Å². The normalized spacial score (nSPS) is 11.6. The van der Waals surface area contributed by atoms with Gasteiger partial charge in [0.05, 0.1) is 31.5 Å². The van der Waals surface area contributed by atoms with Gasteiger partial charge < -0.3 is 34.5 Å². The van der Waals surface area contributed by atoms with Gasteiger partial charge in [0.15, 0.2) is 13.2 Å². The van der Waals surface area contributed by atoms with Gasteiger partial charge in [0.25, 0.3) is 0 Å². The van der Waals surface area contributed by atoms with Gasteiger partial charge in [-0.15, -0.1) is 0 Å². The Balaban J connectivity index is 1.45. The zero-order chi connectivity index (χ0) is 38.1. The molecule has 0 aromatic heterocycles. The average Bonchev–Trinajstić information content (AvgIpc) is 3.20. The van der Waals surface area contributed by atoms with E-state index in [-0.39, 0.29) is 39.0 Å². The van der Waals surface area contributed by atoms with Crippen LogP contribution >= 0.6 is 0 Å². The fourth-order valence-electron chi connectivity index (χ4n) is 6.11. The van der Waals surface area contributed by atoms with Crippen LogP contribution in [0.5, 0.6) is 17.2 Å². The van der Waals surface area contributed by atoms with Crippen molar-refractivity contribution in [2.45, 2.75) is 39.0 Å². The monoisotopic (exact) mass is 732 g/mol. The number of anilines is 1. The Labute approximate surface area is 317 Å². The van der Waals surface area contributed by atoms with Crippen molar-refractivity contribution in [2.24, 2.45) is 0 Å². The van der Waals surface area contributed by atoms with Crippen molar-refractivity contribution in [3.05, 3.63) is 155 Å². The highest BCUT2D eigenvalue weighted by Crippen LogP contribution is 2.35. The summed E-state index contributed by atoms with van der Waals surface area (Å²) in [6.07, 6.45) is 0. The number of nitrogens with zero attached hydrogens (tertiary/aromatic N) is 1. The third-order valence-electron chi connectivity index (χ3n) is 8.80. The molecule has 1 atom stereocenters. The molecule has 0 saturated heterocycles. The van der Waals surface area contributed by atoms with E-state index >= 15 is 0 Å². The third-order valence-corrected chi connectivity index (χ3v) is 8.80. The number of nitrogens with two attached hydrogens (primary N) is 1. The molecular weight excluding hydrogens is 684 g/mol. The molecule has 54 heavy (non-hydrogen) atoms. The van der Waals surface area contributed by atoms with E-state index in [9.17, 15) is 14.7 Å². The molecule has 10 heteroatoms. The zero-order valence-electron chi connectivity index (χ0n) is 30.8. The first kappa shape index (κ1) is 39.4. The second-order valence-electron chi connectivity index (χ2n) is 12.6. The first-order valence-corrected chi connectivity index (χ1v) is 18.1. The molecule has 0 bridgehead atoms. The van der Waals surface area contributed by atoms with Crippen LogP contribution in [0.3, 0.4) is 0 Å². The molecule has 5 aromatic rings. The molecule has 0 spiro atoms. The van der Waals surface area contributed by atoms with Crippen molar-refractivity contribution >= 4 is 17.6 Å². The number of carbonyl (C=O) groups excluding carboxylic acids is 2. The second-order valence-corrected chi connectivity index (χ2v) is 12.6. The highest BCUT2D eigenvalue weighted by atomic mass is 16.6. The Kier molecular flexibility index (Phi) is 14.9. The van der Waals surface area contributed by atoms with Crippen LogP contribution in [0.4, 0.5) is 5.69 Å². The molecule has 0 saturated carbocycles. The van der Waals surface area contributed by atoms with Crippen LogP contribution in [0.15, 0.2) is 127 Å². The Hall–Kier alpha value is -5.84. The number of nitrogen functional groups attached to an aromatic ring is 1. The van der Waals surface area contributed by atoms with E-state index in [0.717, 1.165) is 27.8 Å². The SMILES string of the molecule is CCOC(=O)COc1ccc(C(CN(Cc2ccccc2)C(CO)c2ccc(OCc3ccccc3)c(N)c2)c2ccc(OCC(=O)OCC)cc2)cc1. The van der Waals surface area contributed by atoms with Crippen LogP contribution in [0.25, 0.3) is 0 Å². The van der Waals surface area contributed by atoms with Gasteiger partial charge in [-0.25, -0.2) is 9.59 Å². The summed E-state index contributed by atoms with van der Waals surface area (Å²) in [4.78, 5) is 26.1. The molecule has 0 aliphatic carbocycles. The number of esters is 2. The van der Waals surface area contributed by atoms with Gasteiger partial charge in [-0.3, -0.25) is 4.90 Å². The van der Waals surface area contributed by atoms with Gasteiger partial charge in [0, 0.05) is 19.0 Å². The Morgan fingerprint density at radius 3 is 1.63 bits per heavy atom. The first-order chi connectivity index (χ1) is 26.4. The molecule has 5 rings (SSSR count). The molecule has 282 valence electrons. The summed E-state index contributed by atoms with van der Waals surface area (Å²) in [5, 5.41) is 11.0. The minimum atomic E-state index is -0.437. The maximum atomic E-state index is 11.9. The average molecular weight is 733 g/mol. The summed E-state index contributed by atoms with van der Waals surface area (Å²) < 4.78 is 27.4. The lowest BCUT2D eigenvalue weighted by Crippen LogP contribution is -2.35. The summed E-state index contributed by atoms with van der Waals surface area (Å²) in [5.41, 5.74) is 12.0. The van der Waals surface area contributed by atoms with Crippen LogP contribution in [-0.4, -0.2) is 61.5 Å². The third kappa shape index (κ3) is 11.6. The fourth-order valence-corrected chi connectivity index (χ4v) is 6.11. The van der Waals surface area contributed by atoms with Crippen LogP contribution in [0, 0.1) is 0 Å². The lowest BCUT2D eigenvalue weighted by Gasteiger charge is -2.35. The van der Waals surface area contributed by atoms with Crippen LogP contribution in [0.2, 0.25) is 0 Å². The summed E-state index contributed by atoms with van der Waals surface area (Å²) in [6.45, 7) is 4.94. The molecule has 0 aliphatic rings. The van der Waals surface area contributed by atoms with Crippen molar-refractivity contribution in [2.75, 3.05) is 45.3 Å².